The number of amides is 1. The lowest BCUT2D eigenvalue weighted by Crippen LogP contribution is -2.20. The number of benzene rings is 3. The van der Waals surface area contributed by atoms with Crippen LogP contribution in [0.25, 0.3) is 11.0 Å². The molecule has 4 rings (SSSR count). The van der Waals surface area contributed by atoms with E-state index in [4.69, 9.17) is 30.8 Å². The molecule has 4 aromatic rings. The summed E-state index contributed by atoms with van der Waals surface area (Å²) >= 11 is 7.70. The van der Waals surface area contributed by atoms with Gasteiger partial charge in [-0.05, 0) is 35.9 Å². The van der Waals surface area contributed by atoms with Crippen LogP contribution in [0.4, 0.5) is 0 Å². The topological polar surface area (TPSA) is 104 Å². The summed E-state index contributed by atoms with van der Waals surface area (Å²) in [7, 11) is 2.89. The van der Waals surface area contributed by atoms with Crippen molar-refractivity contribution in [2.45, 2.75) is 18.6 Å². The molecule has 1 amide bonds. The van der Waals surface area contributed by atoms with Crippen LogP contribution in [0.3, 0.4) is 0 Å². The number of hydrogen-bond acceptors (Lipinski definition) is 8. The van der Waals surface area contributed by atoms with Crippen LogP contribution in [0, 0.1) is 0 Å². The third kappa shape index (κ3) is 6.45. The minimum Gasteiger partial charge on any atom is -0.493 e. The predicted molar refractivity (Wildman–Crippen MR) is 148 cm³/mol. The lowest BCUT2D eigenvalue weighted by molar-refractivity contribution is -0.132. The van der Waals surface area contributed by atoms with Crippen LogP contribution in [-0.4, -0.2) is 47.6 Å². The van der Waals surface area contributed by atoms with Gasteiger partial charge in [0.2, 0.25) is 5.75 Å². The van der Waals surface area contributed by atoms with Crippen LogP contribution >= 0.6 is 23.4 Å². The maximum Gasteiger partial charge on any atom is 0.308 e. The van der Waals surface area contributed by atoms with Crippen molar-refractivity contribution in [2.24, 2.45) is 5.10 Å². The number of aromatic nitrogens is 2. The predicted octanol–water partition coefficient (Wildman–Crippen LogP) is 4.92. The molecule has 196 valence electrons. The average molecular weight is 553 g/mol. The van der Waals surface area contributed by atoms with Crippen molar-refractivity contribution >= 4 is 52.5 Å². The normalized spacial score (nSPS) is 11.1. The molecule has 1 heterocycles. The Balaban J connectivity index is 1.45. The van der Waals surface area contributed by atoms with Crippen LogP contribution in [-0.2, 0) is 16.1 Å². The second-order valence-corrected chi connectivity index (χ2v) is 9.34. The van der Waals surface area contributed by atoms with E-state index in [0.717, 1.165) is 16.6 Å². The molecule has 1 aromatic heterocycles. The second-order valence-electron chi connectivity index (χ2n) is 7.99. The number of ether oxygens (including phenoxy) is 3. The summed E-state index contributed by atoms with van der Waals surface area (Å²) in [5.41, 5.74) is 5.84. The van der Waals surface area contributed by atoms with Gasteiger partial charge in [-0.3, -0.25) is 9.59 Å². The van der Waals surface area contributed by atoms with Crippen LogP contribution in [0.2, 0.25) is 5.02 Å². The number of nitrogens with zero attached hydrogens (tertiary/aromatic N) is 3. The van der Waals surface area contributed by atoms with E-state index >= 15 is 0 Å². The molecule has 0 spiro atoms. The van der Waals surface area contributed by atoms with E-state index in [-0.39, 0.29) is 17.4 Å². The maximum absolute atomic E-state index is 12.6. The first-order valence-corrected chi connectivity index (χ1v) is 12.8. The fourth-order valence-electron chi connectivity index (χ4n) is 3.67. The number of fused-ring (bicyclic) bond motifs is 1. The minimum atomic E-state index is -0.506. The van der Waals surface area contributed by atoms with Gasteiger partial charge in [-0.2, -0.15) is 5.10 Å². The highest BCUT2D eigenvalue weighted by atomic mass is 35.5. The molecule has 11 heteroatoms. The number of para-hydroxylation sites is 2. The molecule has 0 saturated carbocycles. The number of halogens is 1. The minimum absolute atomic E-state index is 0.0984. The molecule has 38 heavy (non-hydrogen) atoms. The van der Waals surface area contributed by atoms with Crippen molar-refractivity contribution in [3.05, 3.63) is 76.8 Å². The lowest BCUT2D eigenvalue weighted by atomic mass is 10.2. The van der Waals surface area contributed by atoms with Gasteiger partial charge in [0.25, 0.3) is 5.91 Å². The molecule has 0 aliphatic carbocycles. The zero-order valence-corrected chi connectivity index (χ0v) is 22.5. The van der Waals surface area contributed by atoms with E-state index in [1.807, 2.05) is 53.1 Å². The Morgan fingerprint density at radius 2 is 1.76 bits per heavy atom. The number of hydrogen-bond donors (Lipinski definition) is 1. The number of thioether (sulfide) groups is 1. The van der Waals surface area contributed by atoms with Crippen molar-refractivity contribution in [3.8, 4) is 17.2 Å². The van der Waals surface area contributed by atoms with Gasteiger partial charge in [0.05, 0.1) is 43.8 Å². The monoisotopic (exact) mass is 552 g/mol. The summed E-state index contributed by atoms with van der Waals surface area (Å²) < 4.78 is 17.8. The SMILES string of the molecule is COc1cc(/C=N/NC(=O)CSc2nc3ccccc3n2Cc2ccccc2Cl)cc(OC)c1OC(C)=O. The molecular formula is C27H25ClN4O5S. The number of hydrazone groups is 1. The van der Waals surface area contributed by atoms with E-state index in [9.17, 15) is 9.59 Å². The van der Waals surface area contributed by atoms with Crippen LogP contribution < -0.4 is 19.6 Å². The van der Waals surface area contributed by atoms with Gasteiger partial charge in [0.1, 0.15) is 0 Å². The Morgan fingerprint density at radius 3 is 2.45 bits per heavy atom. The Hall–Kier alpha value is -4.02. The van der Waals surface area contributed by atoms with E-state index in [1.54, 1.807) is 12.1 Å². The number of carbonyl (C=O) groups excluding carboxylic acids is 2. The molecule has 1 N–H and O–H groups in total. The van der Waals surface area contributed by atoms with Gasteiger partial charge >= 0.3 is 5.97 Å². The van der Waals surface area contributed by atoms with E-state index in [2.05, 4.69) is 10.5 Å². The first-order chi connectivity index (χ1) is 18.4. The van der Waals surface area contributed by atoms with Gasteiger partial charge in [0, 0.05) is 17.5 Å². The molecule has 0 aliphatic heterocycles. The molecule has 0 atom stereocenters. The highest BCUT2D eigenvalue weighted by Crippen LogP contribution is 2.38. The number of esters is 1. The number of carbonyl (C=O) groups is 2. The average Bonchev–Trinajstić information content (AvgIpc) is 3.26. The van der Waals surface area contributed by atoms with Gasteiger partial charge in [-0.1, -0.05) is 53.7 Å². The number of imidazole rings is 1. The Kier molecular flexibility index (Phi) is 8.88. The Labute approximate surface area is 228 Å². The van der Waals surface area contributed by atoms with Crippen molar-refractivity contribution in [1.82, 2.24) is 15.0 Å². The van der Waals surface area contributed by atoms with Gasteiger partial charge in [-0.25, -0.2) is 10.4 Å². The molecule has 9 nitrogen and oxygen atoms in total. The third-order valence-corrected chi connectivity index (χ3v) is 6.71. The summed E-state index contributed by atoms with van der Waals surface area (Å²) in [5, 5.41) is 5.40. The number of rotatable bonds is 10. The second kappa shape index (κ2) is 12.5. The standard InChI is InChI=1S/C27H25ClN4O5S/c1-17(33)37-26-23(35-2)12-18(13-24(26)36-3)14-29-31-25(34)16-38-27-30-21-10-6-7-11-22(21)32(27)15-19-8-4-5-9-20(19)28/h4-14H,15-16H2,1-3H3,(H,31,34)/b29-14+. The van der Waals surface area contributed by atoms with Gasteiger partial charge in [-0.15, -0.1) is 0 Å². The summed E-state index contributed by atoms with van der Waals surface area (Å²) in [6.07, 6.45) is 1.44. The largest absolute Gasteiger partial charge is 0.493 e. The van der Waals surface area contributed by atoms with E-state index in [1.165, 1.54) is 39.1 Å². The molecule has 0 unspecified atom stereocenters. The Bertz CT molecular complexity index is 1480. The lowest BCUT2D eigenvalue weighted by Gasteiger charge is -2.13. The number of methoxy groups -OCH3 is 2. The highest BCUT2D eigenvalue weighted by Gasteiger charge is 2.16. The van der Waals surface area contributed by atoms with Crippen molar-refractivity contribution in [3.63, 3.8) is 0 Å². The summed E-state index contributed by atoms with van der Waals surface area (Å²) in [5.74, 6) is 0.0351. The number of nitrogens with one attached hydrogen (secondary N) is 1. The molecule has 0 bridgehead atoms. The fraction of sp³-hybridized carbons (Fsp3) is 0.185. The summed E-state index contributed by atoms with van der Waals surface area (Å²) in [6, 6.07) is 18.7. The third-order valence-electron chi connectivity index (χ3n) is 5.37. The van der Waals surface area contributed by atoms with Crippen LogP contribution in [0.1, 0.15) is 18.1 Å². The zero-order chi connectivity index (χ0) is 27.1. The van der Waals surface area contributed by atoms with Crippen molar-refractivity contribution < 1.29 is 23.8 Å². The maximum atomic E-state index is 12.6. The molecule has 0 fully saturated rings. The van der Waals surface area contributed by atoms with E-state index in [0.29, 0.717) is 33.8 Å². The molecule has 0 saturated heterocycles. The van der Waals surface area contributed by atoms with Crippen molar-refractivity contribution in [1.29, 1.82) is 0 Å². The van der Waals surface area contributed by atoms with E-state index < -0.39 is 5.97 Å². The van der Waals surface area contributed by atoms with Gasteiger partial charge in [0.15, 0.2) is 16.7 Å². The first kappa shape index (κ1) is 27.0. The first-order valence-electron chi connectivity index (χ1n) is 11.5. The smallest absolute Gasteiger partial charge is 0.308 e. The van der Waals surface area contributed by atoms with Gasteiger partial charge < -0.3 is 18.8 Å². The summed E-state index contributed by atoms with van der Waals surface area (Å²) in [4.78, 5) is 28.7. The highest BCUT2D eigenvalue weighted by molar-refractivity contribution is 7.99. The fourth-order valence-corrected chi connectivity index (χ4v) is 4.68. The summed E-state index contributed by atoms with van der Waals surface area (Å²) in [6.45, 7) is 1.81. The molecular weight excluding hydrogens is 528 g/mol. The molecule has 0 aliphatic rings. The molecule has 0 radical (unpaired) electrons. The Morgan fingerprint density at radius 1 is 1.08 bits per heavy atom. The van der Waals surface area contributed by atoms with Crippen LogP contribution in [0.15, 0.2) is 70.9 Å². The quantitative estimate of drug-likeness (QED) is 0.0978. The van der Waals surface area contributed by atoms with Crippen LogP contribution in [0.5, 0.6) is 17.2 Å². The van der Waals surface area contributed by atoms with Crippen molar-refractivity contribution in [2.75, 3.05) is 20.0 Å². The molecule has 3 aromatic carbocycles. The zero-order valence-electron chi connectivity index (χ0n) is 20.9.